The standard InChI is InChI=1S/C25H24N2O3S/c1-30-19-10-5-7-17(15-19)25-22-12-6-11-21(22)23-16-20(13-14-24(23)26-25)31(28,29)27-18-8-3-2-4-9-18/h2-11,13-16,21-22,25-27H,12H2,1H3/t21-,22+,25+/m1/s1. The van der Waals surface area contributed by atoms with E-state index in [2.05, 4.69) is 34.3 Å². The van der Waals surface area contributed by atoms with Crippen molar-refractivity contribution >= 4 is 21.4 Å². The molecule has 0 saturated carbocycles. The molecule has 3 aromatic carbocycles. The van der Waals surface area contributed by atoms with Gasteiger partial charge in [-0.1, -0.05) is 42.5 Å². The van der Waals surface area contributed by atoms with Crippen molar-refractivity contribution in [1.29, 1.82) is 0 Å². The summed E-state index contributed by atoms with van der Waals surface area (Å²) in [7, 11) is -1.99. The molecule has 0 spiro atoms. The van der Waals surface area contributed by atoms with Gasteiger partial charge in [0.2, 0.25) is 0 Å². The Labute approximate surface area is 182 Å². The molecule has 0 bridgehead atoms. The molecule has 2 aliphatic rings. The van der Waals surface area contributed by atoms with E-state index in [4.69, 9.17) is 4.74 Å². The van der Waals surface area contributed by atoms with E-state index in [1.807, 2.05) is 30.3 Å². The van der Waals surface area contributed by atoms with Crippen molar-refractivity contribution < 1.29 is 13.2 Å². The zero-order valence-corrected chi connectivity index (χ0v) is 18.0. The van der Waals surface area contributed by atoms with E-state index in [0.717, 1.165) is 23.4 Å². The maximum atomic E-state index is 13.0. The quantitative estimate of drug-likeness (QED) is 0.535. The molecule has 158 valence electrons. The van der Waals surface area contributed by atoms with Crippen molar-refractivity contribution in [2.45, 2.75) is 23.3 Å². The van der Waals surface area contributed by atoms with Gasteiger partial charge in [-0.25, -0.2) is 8.42 Å². The molecule has 5 rings (SSSR count). The predicted octanol–water partition coefficient (Wildman–Crippen LogP) is 5.32. The second kappa shape index (κ2) is 7.78. The number of benzene rings is 3. The smallest absolute Gasteiger partial charge is 0.261 e. The highest BCUT2D eigenvalue weighted by Crippen LogP contribution is 2.50. The van der Waals surface area contributed by atoms with E-state index >= 15 is 0 Å². The van der Waals surface area contributed by atoms with E-state index in [9.17, 15) is 8.42 Å². The van der Waals surface area contributed by atoms with Gasteiger partial charge in [0.1, 0.15) is 5.75 Å². The number of hydrogen-bond donors (Lipinski definition) is 2. The van der Waals surface area contributed by atoms with Crippen molar-refractivity contribution in [3.8, 4) is 5.75 Å². The fourth-order valence-electron chi connectivity index (χ4n) is 4.62. The summed E-state index contributed by atoms with van der Waals surface area (Å²) < 4.78 is 34.0. The lowest BCUT2D eigenvalue weighted by Crippen LogP contribution is -2.29. The van der Waals surface area contributed by atoms with Gasteiger partial charge in [-0.15, -0.1) is 0 Å². The average Bonchev–Trinajstić information content (AvgIpc) is 3.29. The summed E-state index contributed by atoms with van der Waals surface area (Å²) in [5.41, 5.74) is 3.72. The minimum absolute atomic E-state index is 0.132. The van der Waals surface area contributed by atoms with Crippen LogP contribution in [0.4, 0.5) is 11.4 Å². The summed E-state index contributed by atoms with van der Waals surface area (Å²) in [5.74, 6) is 1.32. The molecule has 1 aliphatic carbocycles. The third kappa shape index (κ3) is 3.68. The molecule has 0 aromatic heterocycles. The zero-order valence-electron chi connectivity index (χ0n) is 17.2. The Morgan fingerprint density at radius 2 is 1.84 bits per heavy atom. The number of rotatable bonds is 5. The van der Waals surface area contributed by atoms with Gasteiger partial charge in [0.25, 0.3) is 10.0 Å². The summed E-state index contributed by atoms with van der Waals surface area (Å²) in [6, 6.07) is 22.6. The van der Waals surface area contributed by atoms with Crippen molar-refractivity contribution in [2.24, 2.45) is 5.92 Å². The Morgan fingerprint density at radius 3 is 2.65 bits per heavy atom. The molecule has 2 N–H and O–H groups in total. The SMILES string of the molecule is COc1cccc([C@@H]2Nc3ccc(S(=O)(=O)Nc4ccccc4)cc3[C@@H]3C=CC[C@@H]32)c1. The van der Waals surface area contributed by atoms with Crippen LogP contribution in [0.3, 0.4) is 0 Å². The Bertz CT molecular complexity index is 1240. The van der Waals surface area contributed by atoms with Crippen LogP contribution in [0.1, 0.15) is 29.5 Å². The number of hydrogen-bond acceptors (Lipinski definition) is 4. The van der Waals surface area contributed by atoms with Gasteiger partial charge < -0.3 is 10.1 Å². The van der Waals surface area contributed by atoms with Gasteiger partial charge in [-0.3, -0.25) is 4.72 Å². The summed E-state index contributed by atoms with van der Waals surface area (Å²) >= 11 is 0. The van der Waals surface area contributed by atoms with Crippen LogP contribution in [0.2, 0.25) is 0 Å². The molecule has 5 nitrogen and oxygen atoms in total. The van der Waals surface area contributed by atoms with Gasteiger partial charge >= 0.3 is 0 Å². The second-order valence-corrected chi connectivity index (χ2v) is 9.66. The first kappa shape index (κ1) is 19.7. The Hall–Kier alpha value is -3.25. The summed E-state index contributed by atoms with van der Waals surface area (Å²) in [5, 5.41) is 3.65. The van der Waals surface area contributed by atoms with Crippen LogP contribution in [-0.4, -0.2) is 15.5 Å². The minimum atomic E-state index is -3.67. The minimum Gasteiger partial charge on any atom is -0.497 e. The lowest BCUT2D eigenvalue weighted by molar-refractivity contribution is 0.406. The summed E-state index contributed by atoms with van der Waals surface area (Å²) in [6.45, 7) is 0. The first-order valence-electron chi connectivity index (χ1n) is 10.3. The molecule has 0 radical (unpaired) electrons. The normalized spacial score (nSPS) is 21.6. The molecular formula is C25H24N2O3S. The van der Waals surface area contributed by atoms with Crippen molar-refractivity contribution in [3.63, 3.8) is 0 Å². The van der Waals surface area contributed by atoms with Crippen LogP contribution >= 0.6 is 0 Å². The van der Waals surface area contributed by atoms with E-state index < -0.39 is 10.0 Å². The maximum Gasteiger partial charge on any atom is 0.261 e. The molecular weight excluding hydrogens is 408 g/mol. The number of fused-ring (bicyclic) bond motifs is 3. The number of sulfonamides is 1. The first-order chi connectivity index (χ1) is 15.0. The number of nitrogens with one attached hydrogen (secondary N) is 2. The van der Waals surface area contributed by atoms with E-state index in [-0.39, 0.29) is 16.9 Å². The maximum absolute atomic E-state index is 13.0. The number of para-hydroxylation sites is 1. The van der Waals surface area contributed by atoms with Gasteiger partial charge in [0.05, 0.1) is 18.0 Å². The van der Waals surface area contributed by atoms with Crippen LogP contribution in [0.25, 0.3) is 0 Å². The van der Waals surface area contributed by atoms with Crippen molar-refractivity contribution in [2.75, 3.05) is 17.1 Å². The fourth-order valence-corrected chi connectivity index (χ4v) is 5.72. The Kier molecular flexibility index (Phi) is 4.94. The number of methoxy groups -OCH3 is 1. The molecule has 0 unspecified atom stereocenters. The summed E-state index contributed by atoms with van der Waals surface area (Å²) in [6.07, 6.45) is 5.35. The van der Waals surface area contributed by atoms with E-state index in [0.29, 0.717) is 11.6 Å². The molecule has 6 heteroatoms. The second-order valence-electron chi connectivity index (χ2n) is 7.97. The largest absolute Gasteiger partial charge is 0.497 e. The highest BCUT2D eigenvalue weighted by atomic mass is 32.2. The van der Waals surface area contributed by atoms with Gasteiger partial charge in [-0.05, 0) is 65.9 Å². The lowest BCUT2D eigenvalue weighted by atomic mass is 9.77. The molecule has 0 amide bonds. The van der Waals surface area contributed by atoms with E-state index in [1.54, 1.807) is 37.4 Å². The highest BCUT2D eigenvalue weighted by Gasteiger charge is 2.38. The topological polar surface area (TPSA) is 67.4 Å². The van der Waals surface area contributed by atoms with Crippen LogP contribution in [0.5, 0.6) is 5.75 Å². The fraction of sp³-hybridized carbons (Fsp3) is 0.200. The number of ether oxygens (including phenoxy) is 1. The molecule has 1 heterocycles. The molecule has 3 atom stereocenters. The summed E-state index contributed by atoms with van der Waals surface area (Å²) in [4.78, 5) is 0.274. The highest BCUT2D eigenvalue weighted by molar-refractivity contribution is 7.92. The van der Waals surface area contributed by atoms with Crippen LogP contribution in [-0.2, 0) is 10.0 Å². The number of anilines is 2. The van der Waals surface area contributed by atoms with Crippen LogP contribution in [0.15, 0.2) is 89.8 Å². The molecule has 0 fully saturated rings. The monoisotopic (exact) mass is 432 g/mol. The molecule has 0 saturated heterocycles. The Balaban J connectivity index is 1.49. The molecule has 31 heavy (non-hydrogen) atoms. The predicted molar refractivity (Wildman–Crippen MR) is 123 cm³/mol. The molecule has 3 aromatic rings. The lowest BCUT2D eigenvalue weighted by Gasteiger charge is -2.37. The molecule has 1 aliphatic heterocycles. The third-order valence-electron chi connectivity index (χ3n) is 6.12. The third-order valence-corrected chi connectivity index (χ3v) is 7.50. The van der Waals surface area contributed by atoms with Crippen LogP contribution in [0, 0.1) is 5.92 Å². The van der Waals surface area contributed by atoms with Crippen LogP contribution < -0.4 is 14.8 Å². The van der Waals surface area contributed by atoms with Crippen molar-refractivity contribution in [1.82, 2.24) is 0 Å². The number of allylic oxidation sites excluding steroid dienone is 2. The Morgan fingerprint density at radius 1 is 1.00 bits per heavy atom. The zero-order chi connectivity index (χ0) is 21.4. The van der Waals surface area contributed by atoms with Gasteiger partial charge in [0.15, 0.2) is 0 Å². The van der Waals surface area contributed by atoms with Crippen molar-refractivity contribution in [3.05, 3.63) is 96.1 Å². The first-order valence-corrected chi connectivity index (χ1v) is 11.8. The van der Waals surface area contributed by atoms with Gasteiger partial charge in [-0.2, -0.15) is 0 Å². The van der Waals surface area contributed by atoms with E-state index in [1.165, 1.54) is 5.56 Å². The average molecular weight is 433 g/mol. The van der Waals surface area contributed by atoms with Gasteiger partial charge in [0, 0.05) is 17.3 Å².